The fourth-order valence-electron chi connectivity index (χ4n) is 1.62. The number of urea groups is 1. The van der Waals surface area contributed by atoms with Gasteiger partial charge in [-0.25, -0.2) is 4.79 Å². The fourth-order valence-corrected chi connectivity index (χ4v) is 1.62. The summed E-state index contributed by atoms with van der Waals surface area (Å²) in [5.41, 5.74) is 0. The van der Waals surface area contributed by atoms with Crippen LogP contribution in [-0.2, 0) is 4.79 Å². The quantitative estimate of drug-likeness (QED) is 0.642. The van der Waals surface area contributed by atoms with Crippen LogP contribution in [0.25, 0.3) is 0 Å². The predicted molar refractivity (Wildman–Crippen MR) is 52.9 cm³/mol. The molecule has 0 aliphatic carbocycles. The maximum absolute atomic E-state index is 11.7. The Balaban J connectivity index is 2.66. The third-order valence-corrected chi connectivity index (χ3v) is 2.43. The van der Waals surface area contributed by atoms with Gasteiger partial charge in [0.1, 0.15) is 6.54 Å². The van der Waals surface area contributed by atoms with Crippen LogP contribution in [0, 0.1) is 0 Å². The van der Waals surface area contributed by atoms with Gasteiger partial charge in [-0.05, 0) is 20.9 Å². The van der Waals surface area contributed by atoms with E-state index in [2.05, 4.69) is 5.32 Å². The highest BCUT2D eigenvalue weighted by molar-refractivity contribution is 6.02. The lowest BCUT2D eigenvalue weighted by molar-refractivity contribution is -0.125. The van der Waals surface area contributed by atoms with Crippen LogP contribution in [0.4, 0.5) is 4.79 Å². The van der Waals surface area contributed by atoms with E-state index in [4.69, 9.17) is 0 Å². The molecule has 1 fully saturated rings. The Hall–Kier alpha value is -1.10. The van der Waals surface area contributed by atoms with Crippen molar-refractivity contribution in [1.29, 1.82) is 0 Å². The van der Waals surface area contributed by atoms with Gasteiger partial charge in [0.2, 0.25) is 5.91 Å². The number of rotatable bonds is 4. The van der Waals surface area contributed by atoms with Gasteiger partial charge in [-0.2, -0.15) is 0 Å². The lowest BCUT2D eigenvalue weighted by atomic mass is 10.3. The van der Waals surface area contributed by atoms with Gasteiger partial charge in [-0.3, -0.25) is 9.69 Å². The van der Waals surface area contributed by atoms with E-state index in [1.165, 1.54) is 4.90 Å². The zero-order chi connectivity index (χ0) is 10.7. The molecular weight excluding hydrogens is 182 g/mol. The van der Waals surface area contributed by atoms with E-state index in [0.717, 1.165) is 0 Å². The third kappa shape index (κ3) is 1.87. The number of hydrogen-bond acceptors (Lipinski definition) is 3. The molecule has 0 spiro atoms. The molecule has 1 saturated heterocycles. The smallest absolute Gasteiger partial charge is 0.318 e. The van der Waals surface area contributed by atoms with Crippen LogP contribution in [0.15, 0.2) is 0 Å². The molecule has 0 aromatic carbocycles. The SMILES string of the molecule is CCN1C(=O)CN(C(C)CNC)C1=O. The van der Waals surface area contributed by atoms with E-state index in [-0.39, 0.29) is 24.5 Å². The molecule has 0 saturated carbocycles. The molecule has 1 aliphatic rings. The van der Waals surface area contributed by atoms with E-state index in [0.29, 0.717) is 13.1 Å². The molecule has 1 rings (SSSR count). The molecule has 1 unspecified atom stereocenters. The highest BCUT2D eigenvalue weighted by Crippen LogP contribution is 2.12. The summed E-state index contributed by atoms with van der Waals surface area (Å²) in [6.07, 6.45) is 0. The summed E-state index contributed by atoms with van der Waals surface area (Å²) in [5, 5.41) is 2.99. The lowest BCUT2D eigenvalue weighted by Gasteiger charge is -2.22. The number of likely N-dealkylation sites (N-methyl/N-ethyl adjacent to an activating group) is 2. The van der Waals surface area contributed by atoms with Crippen molar-refractivity contribution in [2.45, 2.75) is 19.9 Å². The largest absolute Gasteiger partial charge is 0.327 e. The van der Waals surface area contributed by atoms with Gasteiger partial charge in [-0.15, -0.1) is 0 Å². The van der Waals surface area contributed by atoms with Crippen molar-refractivity contribution in [3.05, 3.63) is 0 Å². The van der Waals surface area contributed by atoms with Gasteiger partial charge in [-0.1, -0.05) is 0 Å². The molecule has 1 atom stereocenters. The molecule has 80 valence electrons. The van der Waals surface area contributed by atoms with Crippen LogP contribution in [0.3, 0.4) is 0 Å². The molecule has 3 amide bonds. The van der Waals surface area contributed by atoms with Crippen molar-refractivity contribution >= 4 is 11.9 Å². The Bertz CT molecular complexity index is 242. The van der Waals surface area contributed by atoms with Gasteiger partial charge in [0.05, 0.1) is 0 Å². The van der Waals surface area contributed by atoms with Crippen molar-refractivity contribution in [2.24, 2.45) is 0 Å². The van der Waals surface area contributed by atoms with Crippen molar-refractivity contribution in [3.8, 4) is 0 Å². The lowest BCUT2D eigenvalue weighted by Crippen LogP contribution is -2.42. The summed E-state index contributed by atoms with van der Waals surface area (Å²) >= 11 is 0. The minimum Gasteiger partial charge on any atom is -0.318 e. The van der Waals surface area contributed by atoms with Gasteiger partial charge >= 0.3 is 6.03 Å². The number of amides is 3. The number of imide groups is 1. The highest BCUT2D eigenvalue weighted by atomic mass is 16.2. The summed E-state index contributed by atoms with van der Waals surface area (Å²) in [5.74, 6) is -0.0968. The van der Waals surface area contributed by atoms with Crippen LogP contribution in [0.5, 0.6) is 0 Å². The van der Waals surface area contributed by atoms with E-state index in [1.54, 1.807) is 4.90 Å². The minimum atomic E-state index is -0.166. The molecule has 0 aromatic rings. The molecule has 1 N–H and O–H groups in total. The maximum atomic E-state index is 11.7. The van der Waals surface area contributed by atoms with Crippen LogP contribution in [-0.4, -0.2) is 54.5 Å². The Morgan fingerprint density at radius 2 is 2.14 bits per heavy atom. The number of nitrogens with zero attached hydrogens (tertiary/aromatic N) is 2. The standard InChI is InChI=1S/C9H17N3O2/c1-4-11-8(13)6-12(9(11)14)7(2)5-10-3/h7,10H,4-6H2,1-3H3. The summed E-state index contributed by atoms with van der Waals surface area (Å²) in [4.78, 5) is 25.9. The van der Waals surface area contributed by atoms with Crippen molar-refractivity contribution in [1.82, 2.24) is 15.1 Å². The van der Waals surface area contributed by atoms with E-state index < -0.39 is 0 Å². The maximum Gasteiger partial charge on any atom is 0.327 e. The molecule has 1 heterocycles. The van der Waals surface area contributed by atoms with Crippen molar-refractivity contribution < 1.29 is 9.59 Å². The molecule has 5 nitrogen and oxygen atoms in total. The molecule has 0 aromatic heterocycles. The second kappa shape index (κ2) is 4.41. The monoisotopic (exact) mass is 199 g/mol. The minimum absolute atomic E-state index is 0.0630. The number of carbonyl (C=O) groups is 2. The normalized spacial score (nSPS) is 19.4. The highest BCUT2D eigenvalue weighted by Gasteiger charge is 2.36. The molecule has 1 aliphatic heterocycles. The zero-order valence-corrected chi connectivity index (χ0v) is 8.91. The van der Waals surface area contributed by atoms with E-state index in [1.807, 2.05) is 20.9 Å². The number of hydrogen-bond donors (Lipinski definition) is 1. The number of carbonyl (C=O) groups excluding carboxylic acids is 2. The predicted octanol–water partition coefficient (Wildman–Crippen LogP) is -0.122. The Kier molecular flexibility index (Phi) is 3.46. The first kappa shape index (κ1) is 11.0. The van der Waals surface area contributed by atoms with Crippen molar-refractivity contribution in [3.63, 3.8) is 0 Å². The number of nitrogens with one attached hydrogen (secondary N) is 1. The molecule has 0 bridgehead atoms. The second-order valence-corrected chi connectivity index (χ2v) is 3.46. The molecule has 0 radical (unpaired) electrons. The Morgan fingerprint density at radius 3 is 2.57 bits per heavy atom. The van der Waals surface area contributed by atoms with Gasteiger partial charge in [0, 0.05) is 19.1 Å². The fraction of sp³-hybridized carbons (Fsp3) is 0.778. The molecule has 5 heteroatoms. The van der Waals surface area contributed by atoms with Gasteiger partial charge in [0.15, 0.2) is 0 Å². The van der Waals surface area contributed by atoms with Crippen LogP contribution < -0.4 is 5.32 Å². The summed E-state index contributed by atoms with van der Waals surface area (Å²) in [6, 6.07) is -0.103. The van der Waals surface area contributed by atoms with Crippen LogP contribution in [0.1, 0.15) is 13.8 Å². The summed E-state index contributed by atoms with van der Waals surface area (Å²) in [7, 11) is 1.83. The Labute approximate surface area is 84.0 Å². The first-order valence-corrected chi connectivity index (χ1v) is 4.87. The first-order chi connectivity index (χ1) is 6.61. The topological polar surface area (TPSA) is 52.7 Å². The average molecular weight is 199 g/mol. The first-order valence-electron chi connectivity index (χ1n) is 4.87. The van der Waals surface area contributed by atoms with Crippen LogP contribution in [0.2, 0.25) is 0 Å². The second-order valence-electron chi connectivity index (χ2n) is 3.46. The summed E-state index contributed by atoms with van der Waals surface area (Å²) < 4.78 is 0. The Morgan fingerprint density at radius 1 is 1.50 bits per heavy atom. The molecular formula is C9H17N3O2. The summed E-state index contributed by atoms with van der Waals surface area (Å²) in [6.45, 7) is 5.12. The van der Waals surface area contributed by atoms with Crippen LogP contribution >= 0.6 is 0 Å². The van der Waals surface area contributed by atoms with E-state index in [9.17, 15) is 9.59 Å². The van der Waals surface area contributed by atoms with E-state index >= 15 is 0 Å². The third-order valence-electron chi connectivity index (χ3n) is 2.43. The van der Waals surface area contributed by atoms with Gasteiger partial charge in [0.25, 0.3) is 0 Å². The zero-order valence-electron chi connectivity index (χ0n) is 8.91. The average Bonchev–Trinajstić information content (AvgIpc) is 2.42. The van der Waals surface area contributed by atoms with Gasteiger partial charge < -0.3 is 10.2 Å². The van der Waals surface area contributed by atoms with Crippen molar-refractivity contribution in [2.75, 3.05) is 26.7 Å². The molecule has 14 heavy (non-hydrogen) atoms.